The molecule has 19 heavy (non-hydrogen) atoms. The molecule has 8 nitrogen and oxygen atoms in total. The van der Waals surface area contributed by atoms with E-state index in [2.05, 4.69) is 22.6 Å². The zero-order valence-corrected chi connectivity index (χ0v) is 11.1. The monoisotopic (exact) mass is 290 g/mol. The fourth-order valence-corrected chi connectivity index (χ4v) is 1.26. The Bertz CT molecular complexity index is 385. The molecule has 1 heterocycles. The molecule has 0 bridgehead atoms. The quantitative estimate of drug-likeness (QED) is 0.370. The molecule has 0 radical (unpaired) electrons. The number of carboxylic acids is 2. The fraction of sp³-hybridized carbons (Fsp3) is 0.500. The second-order valence-electron chi connectivity index (χ2n) is 3.68. The number of aliphatic carboxylic acids is 2. The molecule has 1 aromatic heterocycles. The lowest BCUT2D eigenvalue weighted by Gasteiger charge is -2.02. The van der Waals surface area contributed by atoms with Crippen LogP contribution in [0.25, 0.3) is 0 Å². The third kappa shape index (κ3) is 8.19. The molecule has 1 rings (SSSR count). The summed E-state index contributed by atoms with van der Waals surface area (Å²) in [5.74, 6) is -1.44. The summed E-state index contributed by atoms with van der Waals surface area (Å²) in [4.78, 5) is 26.7. The Morgan fingerprint density at radius 1 is 1.32 bits per heavy atom. The lowest BCUT2D eigenvalue weighted by atomic mass is 10.2. The second kappa shape index (κ2) is 9.36. The largest absolute Gasteiger partial charge is 0.480 e. The van der Waals surface area contributed by atoms with Gasteiger partial charge in [-0.1, -0.05) is 0 Å². The molecule has 2 atom stereocenters. The minimum atomic E-state index is -1.00. The summed E-state index contributed by atoms with van der Waals surface area (Å²) in [7, 11) is 0. The highest BCUT2D eigenvalue weighted by atomic mass is 32.1. The first-order chi connectivity index (χ1) is 8.88. The number of nitrogens with zero attached hydrogens (tertiary/aromatic N) is 1. The summed E-state index contributed by atoms with van der Waals surface area (Å²) in [5.41, 5.74) is 11.1. The van der Waals surface area contributed by atoms with Crippen molar-refractivity contribution in [2.75, 3.05) is 5.75 Å². The van der Waals surface area contributed by atoms with Crippen LogP contribution in [0.4, 0.5) is 0 Å². The van der Waals surface area contributed by atoms with Crippen LogP contribution < -0.4 is 11.5 Å². The lowest BCUT2D eigenvalue weighted by Crippen LogP contribution is -2.32. The molecule has 0 aliphatic carbocycles. The average molecular weight is 290 g/mol. The van der Waals surface area contributed by atoms with Crippen LogP contribution in [0.2, 0.25) is 0 Å². The number of nitrogens with two attached hydrogens (primary N) is 2. The number of aromatic amines is 1. The van der Waals surface area contributed by atoms with Gasteiger partial charge < -0.3 is 26.7 Å². The average Bonchev–Trinajstić information content (AvgIpc) is 2.82. The van der Waals surface area contributed by atoms with Gasteiger partial charge in [0.2, 0.25) is 0 Å². The van der Waals surface area contributed by atoms with Gasteiger partial charge in [0.15, 0.2) is 0 Å². The number of rotatable bonds is 6. The van der Waals surface area contributed by atoms with Crippen LogP contribution in [0.15, 0.2) is 12.5 Å². The highest BCUT2D eigenvalue weighted by Crippen LogP contribution is 1.95. The van der Waals surface area contributed by atoms with E-state index in [4.69, 9.17) is 21.7 Å². The van der Waals surface area contributed by atoms with E-state index >= 15 is 0 Å². The van der Waals surface area contributed by atoms with Gasteiger partial charge >= 0.3 is 11.9 Å². The Morgan fingerprint density at radius 2 is 1.89 bits per heavy atom. The summed E-state index contributed by atoms with van der Waals surface area (Å²) < 4.78 is 0. The molecule has 1 aromatic rings. The highest BCUT2D eigenvalue weighted by Gasteiger charge is 2.12. The van der Waals surface area contributed by atoms with Crippen LogP contribution in [-0.2, 0) is 16.0 Å². The van der Waals surface area contributed by atoms with Crippen LogP contribution in [0.5, 0.6) is 0 Å². The molecule has 7 N–H and O–H groups in total. The first kappa shape index (κ1) is 17.4. The van der Waals surface area contributed by atoms with E-state index in [1.165, 1.54) is 6.33 Å². The first-order valence-corrected chi connectivity index (χ1v) is 6.06. The van der Waals surface area contributed by atoms with E-state index < -0.39 is 24.0 Å². The Kier molecular flexibility index (Phi) is 8.58. The molecule has 0 saturated carbocycles. The van der Waals surface area contributed by atoms with Crippen LogP contribution in [0.1, 0.15) is 12.1 Å². The highest BCUT2D eigenvalue weighted by molar-refractivity contribution is 7.80. The van der Waals surface area contributed by atoms with Crippen molar-refractivity contribution in [2.45, 2.75) is 24.9 Å². The SMILES string of the molecule is NC(CCS)C(=O)O.NC(Cc1cnc[nH]1)C(=O)O. The summed E-state index contributed by atoms with van der Waals surface area (Å²) >= 11 is 3.81. The zero-order chi connectivity index (χ0) is 14.8. The Balaban J connectivity index is 0.000000362. The Hall–Kier alpha value is -1.58. The van der Waals surface area contributed by atoms with E-state index in [9.17, 15) is 9.59 Å². The first-order valence-electron chi connectivity index (χ1n) is 5.43. The Labute approximate surface area is 115 Å². The third-order valence-electron chi connectivity index (χ3n) is 2.07. The summed E-state index contributed by atoms with van der Waals surface area (Å²) in [6, 6.07) is -1.59. The smallest absolute Gasteiger partial charge is 0.320 e. The number of thiol groups is 1. The second-order valence-corrected chi connectivity index (χ2v) is 4.13. The van der Waals surface area contributed by atoms with E-state index in [1.807, 2.05) is 0 Å². The van der Waals surface area contributed by atoms with Gasteiger partial charge in [-0.05, 0) is 12.2 Å². The van der Waals surface area contributed by atoms with Gasteiger partial charge in [0.05, 0.1) is 6.33 Å². The normalized spacial score (nSPS) is 13.0. The maximum Gasteiger partial charge on any atom is 0.320 e. The topological polar surface area (TPSA) is 155 Å². The van der Waals surface area contributed by atoms with Gasteiger partial charge in [0, 0.05) is 18.3 Å². The molecule has 0 fully saturated rings. The standard InChI is InChI=1S/C6H9N3O2.C4H9NO2S/c7-5(6(10)11)1-4-2-8-3-9-4;5-3(1-2-8)4(6)7/h2-3,5H,1,7H2,(H,8,9)(H,10,11);3,8H,1-2,5H2,(H,6,7). The molecule has 0 spiro atoms. The molecular weight excluding hydrogens is 272 g/mol. The number of hydrogen-bond acceptors (Lipinski definition) is 6. The molecule has 0 aliphatic heterocycles. The van der Waals surface area contributed by atoms with Gasteiger partial charge in [0.25, 0.3) is 0 Å². The predicted molar refractivity (Wildman–Crippen MR) is 72.0 cm³/mol. The number of imidazole rings is 1. The Morgan fingerprint density at radius 3 is 2.21 bits per heavy atom. The van der Waals surface area contributed by atoms with E-state index in [-0.39, 0.29) is 6.42 Å². The minimum Gasteiger partial charge on any atom is -0.480 e. The predicted octanol–water partition coefficient (Wildman–Crippen LogP) is -0.918. The van der Waals surface area contributed by atoms with E-state index in [0.717, 1.165) is 5.69 Å². The molecule has 0 saturated heterocycles. The molecule has 108 valence electrons. The molecule has 0 aliphatic rings. The summed E-state index contributed by atoms with van der Waals surface area (Å²) in [6.07, 6.45) is 3.76. The summed E-state index contributed by atoms with van der Waals surface area (Å²) in [5, 5.41) is 16.6. The number of carbonyl (C=O) groups is 2. The van der Waals surface area contributed by atoms with Crippen molar-refractivity contribution < 1.29 is 19.8 Å². The van der Waals surface area contributed by atoms with Crippen LogP contribution in [0.3, 0.4) is 0 Å². The summed E-state index contributed by atoms with van der Waals surface area (Å²) in [6.45, 7) is 0. The van der Waals surface area contributed by atoms with Crippen molar-refractivity contribution >= 4 is 24.6 Å². The van der Waals surface area contributed by atoms with Crippen molar-refractivity contribution in [3.63, 3.8) is 0 Å². The van der Waals surface area contributed by atoms with Crippen molar-refractivity contribution in [3.05, 3.63) is 18.2 Å². The lowest BCUT2D eigenvalue weighted by molar-refractivity contribution is -0.139. The number of nitrogens with one attached hydrogen (secondary N) is 1. The van der Waals surface area contributed by atoms with Gasteiger partial charge in [0.1, 0.15) is 12.1 Å². The third-order valence-corrected chi connectivity index (χ3v) is 2.33. The zero-order valence-electron chi connectivity index (χ0n) is 10.2. The van der Waals surface area contributed by atoms with Crippen molar-refractivity contribution in [1.29, 1.82) is 0 Å². The van der Waals surface area contributed by atoms with Crippen molar-refractivity contribution in [2.24, 2.45) is 11.5 Å². The van der Waals surface area contributed by atoms with Gasteiger partial charge in [-0.15, -0.1) is 0 Å². The maximum atomic E-state index is 10.3. The molecule has 0 aromatic carbocycles. The minimum absolute atomic E-state index is 0.287. The number of carboxylic acid groups (broad SMARTS) is 2. The van der Waals surface area contributed by atoms with E-state index in [0.29, 0.717) is 12.2 Å². The van der Waals surface area contributed by atoms with Gasteiger partial charge in [-0.25, -0.2) is 4.98 Å². The van der Waals surface area contributed by atoms with Gasteiger partial charge in [-0.2, -0.15) is 12.6 Å². The fourth-order valence-electron chi connectivity index (χ4n) is 0.983. The number of hydrogen-bond donors (Lipinski definition) is 6. The maximum absolute atomic E-state index is 10.3. The molecule has 0 amide bonds. The van der Waals surface area contributed by atoms with Crippen molar-refractivity contribution in [3.8, 4) is 0 Å². The molecular formula is C10H18N4O4S. The van der Waals surface area contributed by atoms with Crippen LogP contribution >= 0.6 is 12.6 Å². The van der Waals surface area contributed by atoms with Crippen molar-refractivity contribution in [1.82, 2.24) is 9.97 Å². The van der Waals surface area contributed by atoms with Crippen LogP contribution in [-0.4, -0.2) is 50.0 Å². The van der Waals surface area contributed by atoms with E-state index in [1.54, 1.807) is 6.20 Å². The number of aromatic nitrogens is 2. The van der Waals surface area contributed by atoms with Gasteiger partial charge in [-0.3, -0.25) is 9.59 Å². The molecule has 9 heteroatoms. The molecule has 2 unspecified atom stereocenters. The number of H-pyrrole nitrogens is 1. The van der Waals surface area contributed by atoms with Crippen LogP contribution in [0, 0.1) is 0 Å².